The molecule has 0 aromatic carbocycles. The van der Waals surface area contributed by atoms with Gasteiger partial charge in [-0.2, -0.15) is 0 Å². The number of carbonyl (C=O) groups is 2. The molecule has 0 radical (unpaired) electrons. The van der Waals surface area contributed by atoms with Crippen molar-refractivity contribution in [2.75, 3.05) is 0 Å². The Morgan fingerprint density at radius 2 is 1.21 bits per heavy atom. The molecule has 2 amide bonds. The lowest BCUT2D eigenvalue weighted by atomic mass is 10.3. The van der Waals surface area contributed by atoms with Crippen LogP contribution < -0.4 is 21.7 Å². The Balaban J connectivity index is 1.53. The highest BCUT2D eigenvalue weighted by molar-refractivity contribution is 5.83. The SMILES string of the molecule is O=C(CCC(=O)NNCc1ccccn1)NNCc1ccccn1. The Morgan fingerprint density at radius 3 is 1.58 bits per heavy atom. The van der Waals surface area contributed by atoms with Gasteiger partial charge in [0.2, 0.25) is 11.8 Å². The molecule has 0 bridgehead atoms. The second-order valence-electron chi connectivity index (χ2n) is 4.95. The van der Waals surface area contributed by atoms with E-state index >= 15 is 0 Å². The van der Waals surface area contributed by atoms with Crippen LogP contribution in [0.1, 0.15) is 24.2 Å². The zero-order valence-corrected chi connectivity index (χ0v) is 13.2. The maximum absolute atomic E-state index is 11.6. The van der Waals surface area contributed by atoms with Gasteiger partial charge in [0.05, 0.1) is 24.5 Å². The minimum absolute atomic E-state index is 0.0896. The molecule has 2 aromatic heterocycles. The third-order valence-corrected chi connectivity index (χ3v) is 3.03. The first-order chi connectivity index (χ1) is 11.7. The van der Waals surface area contributed by atoms with Crippen LogP contribution in [0, 0.1) is 0 Å². The fourth-order valence-corrected chi connectivity index (χ4v) is 1.82. The molecular formula is C16H20N6O2. The Hall–Kier alpha value is -2.84. The van der Waals surface area contributed by atoms with E-state index in [0.29, 0.717) is 13.1 Å². The van der Waals surface area contributed by atoms with Gasteiger partial charge in [-0.15, -0.1) is 0 Å². The molecule has 2 aromatic rings. The lowest BCUT2D eigenvalue weighted by molar-refractivity contribution is -0.127. The fraction of sp³-hybridized carbons (Fsp3) is 0.250. The van der Waals surface area contributed by atoms with Crippen LogP contribution in [-0.4, -0.2) is 21.8 Å². The van der Waals surface area contributed by atoms with E-state index in [0.717, 1.165) is 11.4 Å². The normalized spacial score (nSPS) is 10.2. The van der Waals surface area contributed by atoms with Crippen LogP contribution in [0.15, 0.2) is 48.8 Å². The van der Waals surface area contributed by atoms with E-state index in [4.69, 9.17) is 0 Å². The molecule has 0 aliphatic heterocycles. The number of pyridine rings is 2. The number of nitrogens with one attached hydrogen (secondary N) is 4. The zero-order valence-electron chi connectivity index (χ0n) is 13.2. The number of hydrogen-bond donors (Lipinski definition) is 4. The minimum atomic E-state index is -0.259. The average molecular weight is 328 g/mol. The van der Waals surface area contributed by atoms with E-state index in [1.165, 1.54) is 0 Å². The number of amides is 2. The molecule has 2 heterocycles. The van der Waals surface area contributed by atoms with Crippen molar-refractivity contribution in [1.29, 1.82) is 0 Å². The van der Waals surface area contributed by atoms with Gasteiger partial charge in [-0.3, -0.25) is 30.4 Å². The van der Waals surface area contributed by atoms with Gasteiger partial charge >= 0.3 is 0 Å². The van der Waals surface area contributed by atoms with Crippen LogP contribution >= 0.6 is 0 Å². The van der Waals surface area contributed by atoms with Crippen LogP contribution in [0.25, 0.3) is 0 Å². The van der Waals surface area contributed by atoms with Crippen LogP contribution in [0.3, 0.4) is 0 Å². The Morgan fingerprint density at radius 1 is 0.750 bits per heavy atom. The van der Waals surface area contributed by atoms with Gasteiger partial charge in [-0.05, 0) is 24.3 Å². The summed E-state index contributed by atoms with van der Waals surface area (Å²) in [5.41, 5.74) is 12.2. The van der Waals surface area contributed by atoms with Crippen molar-refractivity contribution in [3.05, 3.63) is 60.2 Å². The van der Waals surface area contributed by atoms with Crippen LogP contribution in [-0.2, 0) is 22.7 Å². The molecule has 0 fully saturated rings. The lowest BCUT2D eigenvalue weighted by Crippen LogP contribution is -2.39. The number of hydrazine groups is 2. The van der Waals surface area contributed by atoms with Gasteiger partial charge in [0.1, 0.15) is 0 Å². The highest BCUT2D eigenvalue weighted by atomic mass is 16.2. The summed E-state index contributed by atoms with van der Waals surface area (Å²) >= 11 is 0. The van der Waals surface area contributed by atoms with Crippen LogP contribution in [0.2, 0.25) is 0 Å². The molecule has 2 rings (SSSR count). The minimum Gasteiger partial charge on any atom is -0.291 e. The van der Waals surface area contributed by atoms with E-state index in [-0.39, 0.29) is 24.7 Å². The highest BCUT2D eigenvalue weighted by Crippen LogP contribution is 1.93. The van der Waals surface area contributed by atoms with E-state index in [1.54, 1.807) is 12.4 Å². The maximum atomic E-state index is 11.6. The first-order valence-electron chi connectivity index (χ1n) is 7.57. The second kappa shape index (κ2) is 10.0. The quantitative estimate of drug-likeness (QED) is 0.490. The highest BCUT2D eigenvalue weighted by Gasteiger charge is 2.06. The zero-order chi connectivity index (χ0) is 17.0. The first kappa shape index (κ1) is 17.5. The second-order valence-corrected chi connectivity index (χ2v) is 4.95. The molecule has 0 spiro atoms. The molecule has 0 unspecified atom stereocenters. The molecule has 24 heavy (non-hydrogen) atoms. The van der Waals surface area contributed by atoms with Gasteiger partial charge < -0.3 is 0 Å². The number of aromatic nitrogens is 2. The van der Waals surface area contributed by atoms with E-state index in [9.17, 15) is 9.59 Å². The molecule has 0 saturated heterocycles. The molecular weight excluding hydrogens is 308 g/mol. The van der Waals surface area contributed by atoms with E-state index in [2.05, 4.69) is 31.7 Å². The van der Waals surface area contributed by atoms with Gasteiger partial charge in [0.25, 0.3) is 0 Å². The first-order valence-corrected chi connectivity index (χ1v) is 7.57. The molecule has 0 saturated carbocycles. The number of nitrogens with zero attached hydrogens (tertiary/aromatic N) is 2. The number of hydrogen-bond acceptors (Lipinski definition) is 6. The predicted molar refractivity (Wildman–Crippen MR) is 87.7 cm³/mol. The van der Waals surface area contributed by atoms with Crippen molar-refractivity contribution in [2.45, 2.75) is 25.9 Å². The largest absolute Gasteiger partial charge is 0.291 e. The van der Waals surface area contributed by atoms with E-state index < -0.39 is 0 Å². The van der Waals surface area contributed by atoms with Crippen molar-refractivity contribution in [1.82, 2.24) is 31.7 Å². The molecule has 4 N–H and O–H groups in total. The summed E-state index contributed by atoms with van der Waals surface area (Å²) in [6, 6.07) is 11.1. The Kier molecular flexibility index (Phi) is 7.32. The van der Waals surface area contributed by atoms with Crippen molar-refractivity contribution in [3.63, 3.8) is 0 Å². The topological polar surface area (TPSA) is 108 Å². The summed E-state index contributed by atoms with van der Waals surface area (Å²) in [5, 5.41) is 0. The monoisotopic (exact) mass is 328 g/mol. The van der Waals surface area contributed by atoms with Crippen molar-refractivity contribution in [2.24, 2.45) is 0 Å². The molecule has 0 aliphatic carbocycles. The smallest absolute Gasteiger partial charge is 0.234 e. The summed E-state index contributed by atoms with van der Waals surface area (Å²) in [7, 11) is 0. The van der Waals surface area contributed by atoms with Gasteiger partial charge in [0, 0.05) is 25.2 Å². The third kappa shape index (κ3) is 6.95. The molecule has 8 nitrogen and oxygen atoms in total. The third-order valence-electron chi connectivity index (χ3n) is 3.03. The van der Waals surface area contributed by atoms with Gasteiger partial charge in [-0.1, -0.05) is 12.1 Å². The van der Waals surface area contributed by atoms with Crippen molar-refractivity contribution < 1.29 is 9.59 Å². The fourth-order valence-electron chi connectivity index (χ4n) is 1.82. The van der Waals surface area contributed by atoms with Gasteiger partial charge in [-0.25, -0.2) is 10.9 Å². The maximum Gasteiger partial charge on any atom is 0.234 e. The van der Waals surface area contributed by atoms with Crippen LogP contribution in [0.5, 0.6) is 0 Å². The van der Waals surface area contributed by atoms with Crippen molar-refractivity contribution in [3.8, 4) is 0 Å². The molecule has 8 heteroatoms. The molecule has 0 aliphatic rings. The standard InChI is InChI=1S/C16H20N6O2/c23-15(21-19-11-13-5-1-3-9-17-13)7-8-16(24)22-20-12-14-6-2-4-10-18-14/h1-6,9-10,19-20H,7-8,11-12H2,(H,21,23)(H,22,24). The summed E-state index contributed by atoms with van der Waals surface area (Å²) in [4.78, 5) is 31.5. The molecule has 126 valence electrons. The van der Waals surface area contributed by atoms with Gasteiger partial charge in [0.15, 0.2) is 0 Å². The number of rotatable bonds is 9. The summed E-state index contributed by atoms with van der Waals surface area (Å²) in [6.07, 6.45) is 3.54. The average Bonchev–Trinajstić information content (AvgIpc) is 2.62. The van der Waals surface area contributed by atoms with Crippen molar-refractivity contribution >= 4 is 11.8 Å². The molecule has 0 atom stereocenters. The summed E-state index contributed by atoms with van der Waals surface area (Å²) in [6.45, 7) is 0.842. The summed E-state index contributed by atoms with van der Waals surface area (Å²) < 4.78 is 0. The Bertz CT molecular complexity index is 578. The summed E-state index contributed by atoms with van der Waals surface area (Å²) in [5.74, 6) is -0.517. The lowest BCUT2D eigenvalue weighted by Gasteiger charge is -2.08. The van der Waals surface area contributed by atoms with Crippen LogP contribution in [0.4, 0.5) is 0 Å². The predicted octanol–water partition coefficient (Wildman–Crippen LogP) is 0.199. The Labute approximate surface area is 140 Å². The number of carbonyl (C=O) groups excluding carboxylic acids is 2. The van der Waals surface area contributed by atoms with E-state index in [1.807, 2.05) is 36.4 Å².